The molecule has 1 atom stereocenters. The summed E-state index contributed by atoms with van der Waals surface area (Å²) in [5.74, 6) is -1.51. The number of benzene rings is 1. The molecule has 3 rings (SSSR count). The molecule has 2 heterocycles. The average molecular weight is 559 g/mol. The van der Waals surface area contributed by atoms with Crippen molar-refractivity contribution in [1.29, 1.82) is 0 Å². The van der Waals surface area contributed by atoms with Gasteiger partial charge in [0.2, 0.25) is 0 Å². The van der Waals surface area contributed by atoms with Crippen molar-refractivity contribution in [3.8, 4) is 5.82 Å². The molecule has 0 saturated carbocycles. The molecule has 2 N–H and O–H groups in total. The van der Waals surface area contributed by atoms with E-state index in [1.807, 2.05) is 13.8 Å². The molecule has 2 amide bonds. The number of hydrogen-bond acceptors (Lipinski definition) is 4. The van der Waals surface area contributed by atoms with Crippen LogP contribution in [0.5, 0.6) is 0 Å². The summed E-state index contributed by atoms with van der Waals surface area (Å²) >= 11 is 9.43. The van der Waals surface area contributed by atoms with Crippen molar-refractivity contribution in [3.05, 3.63) is 68.5 Å². The van der Waals surface area contributed by atoms with Gasteiger partial charge in [-0.2, -0.15) is 18.3 Å². The van der Waals surface area contributed by atoms with Gasteiger partial charge in [0, 0.05) is 22.8 Å². The van der Waals surface area contributed by atoms with Crippen molar-refractivity contribution in [1.82, 2.24) is 20.1 Å². The van der Waals surface area contributed by atoms with Crippen LogP contribution in [0.25, 0.3) is 5.82 Å². The highest BCUT2D eigenvalue weighted by atomic mass is 79.9. The molecule has 7 nitrogen and oxygen atoms in total. The fourth-order valence-corrected chi connectivity index (χ4v) is 3.82. The molecule has 12 heteroatoms. The number of aromatic nitrogens is 3. The van der Waals surface area contributed by atoms with Crippen LogP contribution >= 0.6 is 27.5 Å². The number of nitrogens with zero attached hydrogens (tertiary/aromatic N) is 3. The number of carbonyl (C=O) groups excluding carboxylic acids is 2. The predicted molar refractivity (Wildman–Crippen MR) is 125 cm³/mol. The second-order valence-electron chi connectivity index (χ2n) is 7.52. The molecule has 180 valence electrons. The molecule has 0 aliphatic carbocycles. The minimum atomic E-state index is -4.81. The van der Waals surface area contributed by atoms with Crippen LogP contribution in [0.3, 0.4) is 0 Å². The molecule has 0 aliphatic rings. The molecule has 0 spiro atoms. The van der Waals surface area contributed by atoms with Crippen LogP contribution in [0.1, 0.15) is 52.4 Å². The van der Waals surface area contributed by atoms with Gasteiger partial charge in [-0.15, -0.1) is 0 Å². The number of amides is 2. The van der Waals surface area contributed by atoms with Gasteiger partial charge in [-0.3, -0.25) is 9.59 Å². The first kappa shape index (κ1) is 25.7. The zero-order chi connectivity index (χ0) is 25.2. The number of rotatable bonds is 6. The number of pyridine rings is 1. The molecule has 1 aromatic carbocycles. The maximum Gasteiger partial charge on any atom is 0.435 e. The number of halogens is 5. The van der Waals surface area contributed by atoms with E-state index in [1.54, 1.807) is 13.0 Å². The van der Waals surface area contributed by atoms with Gasteiger partial charge >= 0.3 is 6.18 Å². The Balaban J connectivity index is 2.08. The Bertz CT molecular complexity index is 1250. The average Bonchev–Trinajstić information content (AvgIpc) is 3.21. The molecule has 1 unspecified atom stereocenters. The SMILES string of the molecule is CCC(C)NC(=O)c1cc(Br)cc(C)c1NC(=O)c1cc(C(F)(F)F)nn1-c1ncccc1Cl. The normalized spacial score (nSPS) is 12.4. The molecular weight excluding hydrogens is 539 g/mol. The first-order valence-corrected chi connectivity index (χ1v) is 11.3. The topological polar surface area (TPSA) is 88.9 Å². The molecule has 0 fully saturated rings. The highest BCUT2D eigenvalue weighted by Crippen LogP contribution is 2.32. The van der Waals surface area contributed by atoms with E-state index in [1.165, 1.54) is 24.4 Å². The Morgan fingerprint density at radius 1 is 1.24 bits per heavy atom. The lowest BCUT2D eigenvalue weighted by Crippen LogP contribution is -2.33. The van der Waals surface area contributed by atoms with Crippen molar-refractivity contribution in [3.63, 3.8) is 0 Å². The summed E-state index contributed by atoms with van der Waals surface area (Å²) in [5.41, 5.74) is -0.916. The van der Waals surface area contributed by atoms with E-state index in [4.69, 9.17) is 11.6 Å². The van der Waals surface area contributed by atoms with Crippen molar-refractivity contribution < 1.29 is 22.8 Å². The van der Waals surface area contributed by atoms with Crippen molar-refractivity contribution >= 4 is 45.0 Å². The van der Waals surface area contributed by atoms with E-state index in [-0.39, 0.29) is 28.1 Å². The summed E-state index contributed by atoms with van der Waals surface area (Å²) in [5, 5.41) is 8.91. The van der Waals surface area contributed by atoms with E-state index >= 15 is 0 Å². The zero-order valence-electron chi connectivity index (χ0n) is 18.3. The highest BCUT2D eigenvalue weighted by molar-refractivity contribution is 9.10. The molecule has 0 radical (unpaired) electrons. The van der Waals surface area contributed by atoms with Gasteiger partial charge in [0.05, 0.1) is 16.3 Å². The van der Waals surface area contributed by atoms with Crippen LogP contribution in [0.2, 0.25) is 5.02 Å². The maximum absolute atomic E-state index is 13.4. The van der Waals surface area contributed by atoms with E-state index in [9.17, 15) is 22.8 Å². The zero-order valence-corrected chi connectivity index (χ0v) is 20.6. The van der Waals surface area contributed by atoms with Crippen LogP contribution in [0.15, 0.2) is 41.0 Å². The lowest BCUT2D eigenvalue weighted by Gasteiger charge is -2.17. The number of aryl methyl sites for hydroxylation is 1. The van der Waals surface area contributed by atoms with E-state index in [2.05, 4.69) is 36.6 Å². The second-order valence-corrected chi connectivity index (χ2v) is 8.84. The lowest BCUT2D eigenvalue weighted by atomic mass is 10.1. The molecule has 2 aromatic heterocycles. The van der Waals surface area contributed by atoms with Crippen LogP contribution in [0, 0.1) is 6.92 Å². The van der Waals surface area contributed by atoms with Crippen LogP contribution in [0.4, 0.5) is 18.9 Å². The maximum atomic E-state index is 13.4. The quantitative estimate of drug-likeness (QED) is 0.401. The smallest absolute Gasteiger partial charge is 0.350 e. The number of nitrogens with one attached hydrogen (secondary N) is 2. The van der Waals surface area contributed by atoms with E-state index in [0.29, 0.717) is 22.5 Å². The first-order valence-electron chi connectivity index (χ1n) is 10.1. The minimum Gasteiger partial charge on any atom is -0.350 e. The standard InChI is InChI=1S/C22H20BrClF3N5O2/c1-4-12(3)29-20(33)14-9-13(23)8-11(2)18(14)30-21(34)16-10-17(22(25,26)27)31-32(16)19-15(24)6-5-7-28-19/h5-10,12H,4H2,1-3H3,(H,29,33)(H,30,34). The van der Waals surface area contributed by atoms with Gasteiger partial charge in [0.25, 0.3) is 11.8 Å². The van der Waals surface area contributed by atoms with Gasteiger partial charge in [-0.05, 0) is 50.1 Å². The van der Waals surface area contributed by atoms with Gasteiger partial charge in [-0.25, -0.2) is 9.67 Å². The van der Waals surface area contributed by atoms with Gasteiger partial charge in [0.1, 0.15) is 5.69 Å². The minimum absolute atomic E-state index is 0.00168. The Labute approximate surface area is 206 Å². The van der Waals surface area contributed by atoms with Crippen LogP contribution in [-0.2, 0) is 6.18 Å². The first-order chi connectivity index (χ1) is 15.9. The fraction of sp³-hybridized carbons (Fsp3) is 0.273. The molecule has 34 heavy (non-hydrogen) atoms. The number of carbonyl (C=O) groups is 2. The Hall–Kier alpha value is -2.92. The summed E-state index contributed by atoms with van der Waals surface area (Å²) in [6.07, 6.45) is -2.81. The van der Waals surface area contributed by atoms with Crippen LogP contribution < -0.4 is 10.6 Å². The van der Waals surface area contributed by atoms with E-state index in [0.717, 1.165) is 4.68 Å². The Kier molecular flexibility index (Phi) is 7.67. The summed E-state index contributed by atoms with van der Waals surface area (Å²) in [6, 6.07) is 6.58. The third-order valence-electron chi connectivity index (χ3n) is 4.95. The number of anilines is 1. The van der Waals surface area contributed by atoms with Gasteiger partial charge in [0.15, 0.2) is 11.5 Å². The van der Waals surface area contributed by atoms with Crippen molar-refractivity contribution in [2.45, 2.75) is 39.4 Å². The largest absolute Gasteiger partial charge is 0.435 e. The molecule has 0 aliphatic heterocycles. The van der Waals surface area contributed by atoms with Crippen molar-refractivity contribution in [2.75, 3.05) is 5.32 Å². The van der Waals surface area contributed by atoms with Gasteiger partial charge < -0.3 is 10.6 Å². The Morgan fingerprint density at radius 3 is 2.56 bits per heavy atom. The third-order valence-corrected chi connectivity index (χ3v) is 5.70. The third kappa shape index (κ3) is 5.58. The molecular formula is C22H20BrClF3N5O2. The lowest BCUT2D eigenvalue weighted by molar-refractivity contribution is -0.141. The fourth-order valence-electron chi connectivity index (χ4n) is 3.05. The summed E-state index contributed by atoms with van der Waals surface area (Å²) in [6.45, 7) is 5.39. The summed E-state index contributed by atoms with van der Waals surface area (Å²) in [7, 11) is 0. The monoisotopic (exact) mass is 557 g/mol. The Morgan fingerprint density at radius 2 is 1.94 bits per heavy atom. The second kappa shape index (κ2) is 10.1. The summed E-state index contributed by atoms with van der Waals surface area (Å²) < 4.78 is 41.5. The van der Waals surface area contributed by atoms with Crippen LogP contribution in [-0.4, -0.2) is 32.6 Å². The van der Waals surface area contributed by atoms with Crippen molar-refractivity contribution in [2.24, 2.45) is 0 Å². The highest BCUT2D eigenvalue weighted by Gasteiger charge is 2.37. The molecule has 0 saturated heterocycles. The predicted octanol–water partition coefficient (Wildman–Crippen LogP) is 5.79. The number of alkyl halides is 3. The summed E-state index contributed by atoms with van der Waals surface area (Å²) in [4.78, 5) is 30.0. The molecule has 0 bridgehead atoms. The molecule has 3 aromatic rings. The van der Waals surface area contributed by atoms with E-state index < -0.39 is 29.4 Å². The van der Waals surface area contributed by atoms with Gasteiger partial charge in [-0.1, -0.05) is 34.5 Å². The number of hydrogen-bond donors (Lipinski definition) is 2.